The number of hydrogen-bond acceptors (Lipinski definition) is 1. The Balaban J connectivity index is 2.96. The molecule has 0 aliphatic rings. The van der Waals surface area contributed by atoms with Gasteiger partial charge in [0.1, 0.15) is 5.38 Å². The molecule has 6 heteroatoms. The molecule has 0 aliphatic heterocycles. The zero-order valence-electron chi connectivity index (χ0n) is 9.01. The highest BCUT2D eigenvalue weighted by Gasteiger charge is 2.33. The molecule has 1 aromatic rings. The normalized spacial score (nSPS) is 13.2. The van der Waals surface area contributed by atoms with Gasteiger partial charge in [-0.1, -0.05) is 19.1 Å². The van der Waals surface area contributed by atoms with E-state index in [9.17, 15) is 18.0 Å². The number of alkyl halides is 4. The fraction of sp³-hybridized carbons (Fsp3) is 0.364. The number of anilines is 1. The van der Waals surface area contributed by atoms with E-state index in [-0.39, 0.29) is 5.69 Å². The van der Waals surface area contributed by atoms with Crippen LogP contribution in [0.1, 0.15) is 18.9 Å². The number of carbonyl (C=O) groups excluding carboxylic acids is 1. The van der Waals surface area contributed by atoms with E-state index in [1.165, 1.54) is 18.2 Å². The van der Waals surface area contributed by atoms with E-state index in [0.29, 0.717) is 6.42 Å². The van der Waals surface area contributed by atoms with Crippen LogP contribution >= 0.6 is 11.6 Å². The van der Waals surface area contributed by atoms with E-state index < -0.39 is 23.0 Å². The summed E-state index contributed by atoms with van der Waals surface area (Å²) in [4.78, 5) is 11.4. The van der Waals surface area contributed by atoms with Gasteiger partial charge in [-0.3, -0.25) is 4.79 Å². The van der Waals surface area contributed by atoms with Crippen LogP contribution in [0.5, 0.6) is 0 Å². The Morgan fingerprint density at radius 1 is 1.41 bits per heavy atom. The van der Waals surface area contributed by atoms with Gasteiger partial charge in [-0.05, 0) is 18.6 Å². The zero-order valence-corrected chi connectivity index (χ0v) is 9.77. The Morgan fingerprint density at radius 2 is 2.00 bits per heavy atom. The standard InChI is InChI=1S/C11H11ClF3NO/c1-2-8(12)10(17)16-9-6-4-3-5-7(9)11(13,14)15/h3-6,8H,2H2,1H3,(H,16,17). The summed E-state index contributed by atoms with van der Waals surface area (Å²) in [5, 5.41) is 1.34. The Labute approximate surface area is 102 Å². The van der Waals surface area contributed by atoms with Crippen LogP contribution in [0, 0.1) is 0 Å². The maximum Gasteiger partial charge on any atom is 0.418 e. The van der Waals surface area contributed by atoms with Gasteiger partial charge >= 0.3 is 6.18 Å². The zero-order chi connectivity index (χ0) is 13.1. The van der Waals surface area contributed by atoms with Crippen LogP contribution in [-0.4, -0.2) is 11.3 Å². The van der Waals surface area contributed by atoms with Crippen LogP contribution in [0.25, 0.3) is 0 Å². The van der Waals surface area contributed by atoms with E-state index in [1.54, 1.807) is 6.92 Å². The van der Waals surface area contributed by atoms with Crippen molar-refractivity contribution in [2.45, 2.75) is 24.9 Å². The lowest BCUT2D eigenvalue weighted by Crippen LogP contribution is -2.24. The number of carbonyl (C=O) groups is 1. The van der Waals surface area contributed by atoms with Gasteiger partial charge in [0.15, 0.2) is 0 Å². The first-order valence-electron chi connectivity index (χ1n) is 4.97. The van der Waals surface area contributed by atoms with Gasteiger partial charge in [-0.25, -0.2) is 0 Å². The van der Waals surface area contributed by atoms with Crippen molar-refractivity contribution in [1.29, 1.82) is 0 Å². The van der Waals surface area contributed by atoms with Crippen molar-refractivity contribution in [3.8, 4) is 0 Å². The van der Waals surface area contributed by atoms with Crippen molar-refractivity contribution < 1.29 is 18.0 Å². The van der Waals surface area contributed by atoms with E-state index in [1.807, 2.05) is 0 Å². The first-order valence-corrected chi connectivity index (χ1v) is 5.41. The van der Waals surface area contributed by atoms with E-state index in [0.717, 1.165) is 6.07 Å². The number of halogens is 4. The molecule has 0 aromatic heterocycles. The fourth-order valence-corrected chi connectivity index (χ4v) is 1.29. The molecular formula is C11H11ClF3NO. The molecule has 0 fully saturated rings. The lowest BCUT2D eigenvalue weighted by molar-refractivity contribution is -0.137. The largest absolute Gasteiger partial charge is 0.418 e. The Morgan fingerprint density at radius 3 is 2.53 bits per heavy atom. The molecule has 1 atom stereocenters. The Kier molecular flexibility index (Phi) is 4.40. The van der Waals surface area contributed by atoms with Crippen LogP contribution in [0.2, 0.25) is 0 Å². The van der Waals surface area contributed by atoms with Crippen LogP contribution in [0.3, 0.4) is 0 Å². The van der Waals surface area contributed by atoms with Gasteiger partial charge in [0.25, 0.3) is 0 Å². The first-order chi connectivity index (χ1) is 7.86. The van der Waals surface area contributed by atoms with Gasteiger partial charge < -0.3 is 5.32 Å². The lowest BCUT2D eigenvalue weighted by atomic mass is 10.1. The van der Waals surface area contributed by atoms with Gasteiger partial charge in [-0.2, -0.15) is 13.2 Å². The van der Waals surface area contributed by atoms with Gasteiger partial charge in [0, 0.05) is 0 Å². The molecule has 0 heterocycles. The van der Waals surface area contributed by atoms with Gasteiger partial charge in [0.05, 0.1) is 11.3 Å². The summed E-state index contributed by atoms with van der Waals surface area (Å²) in [5.74, 6) is -0.633. The minimum absolute atomic E-state index is 0.274. The summed E-state index contributed by atoms with van der Waals surface area (Å²) in [6.07, 6.45) is -4.15. The maximum atomic E-state index is 12.6. The molecule has 94 valence electrons. The maximum absolute atomic E-state index is 12.6. The molecule has 0 saturated carbocycles. The number of hydrogen-bond donors (Lipinski definition) is 1. The molecule has 1 rings (SSSR count). The van der Waals surface area contributed by atoms with Gasteiger partial charge in [0.2, 0.25) is 5.91 Å². The van der Waals surface area contributed by atoms with Crippen molar-refractivity contribution in [2.75, 3.05) is 5.32 Å². The summed E-state index contributed by atoms with van der Waals surface area (Å²) in [6, 6.07) is 4.78. The number of amides is 1. The molecule has 17 heavy (non-hydrogen) atoms. The van der Waals surface area contributed by atoms with Crippen LogP contribution in [0.15, 0.2) is 24.3 Å². The SMILES string of the molecule is CCC(Cl)C(=O)Nc1ccccc1C(F)(F)F. The predicted octanol–water partition coefficient (Wildman–Crippen LogP) is 3.66. The molecule has 0 aliphatic carbocycles. The highest BCUT2D eigenvalue weighted by molar-refractivity contribution is 6.32. The molecule has 0 spiro atoms. The third-order valence-corrected chi connectivity index (χ3v) is 2.64. The lowest BCUT2D eigenvalue weighted by Gasteiger charge is -2.14. The van der Waals surface area contributed by atoms with Crippen LogP contribution < -0.4 is 5.32 Å². The average Bonchev–Trinajstić information content (AvgIpc) is 2.27. The monoisotopic (exact) mass is 265 g/mol. The van der Waals surface area contributed by atoms with Crippen LogP contribution in [-0.2, 0) is 11.0 Å². The van der Waals surface area contributed by atoms with Gasteiger partial charge in [-0.15, -0.1) is 11.6 Å². The van der Waals surface area contributed by atoms with E-state index >= 15 is 0 Å². The highest BCUT2D eigenvalue weighted by Crippen LogP contribution is 2.34. The Hall–Kier alpha value is -1.23. The molecule has 2 nitrogen and oxygen atoms in total. The van der Waals surface area contributed by atoms with Crippen molar-refractivity contribution >= 4 is 23.2 Å². The summed E-state index contributed by atoms with van der Waals surface area (Å²) >= 11 is 5.64. The van der Waals surface area contributed by atoms with Crippen LogP contribution in [0.4, 0.5) is 18.9 Å². The van der Waals surface area contributed by atoms with E-state index in [2.05, 4.69) is 5.32 Å². The third-order valence-electron chi connectivity index (χ3n) is 2.13. The van der Waals surface area contributed by atoms with E-state index in [4.69, 9.17) is 11.6 Å². The first kappa shape index (κ1) is 13.8. The molecule has 0 radical (unpaired) electrons. The molecule has 1 aromatic carbocycles. The van der Waals surface area contributed by atoms with Crippen molar-refractivity contribution in [3.05, 3.63) is 29.8 Å². The number of para-hydroxylation sites is 1. The minimum Gasteiger partial charge on any atom is -0.324 e. The summed E-state index contributed by atoms with van der Waals surface area (Å²) in [5.41, 5.74) is -1.16. The number of nitrogens with one attached hydrogen (secondary N) is 1. The molecular weight excluding hydrogens is 255 g/mol. The molecule has 1 amide bonds. The number of benzene rings is 1. The molecule has 0 bridgehead atoms. The van der Waals surface area contributed by atoms with Crippen molar-refractivity contribution in [2.24, 2.45) is 0 Å². The second-order valence-electron chi connectivity index (χ2n) is 3.41. The predicted molar refractivity (Wildman–Crippen MR) is 60.0 cm³/mol. The molecule has 0 saturated heterocycles. The third kappa shape index (κ3) is 3.63. The van der Waals surface area contributed by atoms with Crippen molar-refractivity contribution in [1.82, 2.24) is 0 Å². The Bertz CT molecular complexity index is 406. The summed E-state index contributed by atoms with van der Waals surface area (Å²) < 4.78 is 37.8. The summed E-state index contributed by atoms with van der Waals surface area (Å²) in [6.45, 7) is 1.67. The molecule has 1 N–H and O–H groups in total. The topological polar surface area (TPSA) is 29.1 Å². The fourth-order valence-electron chi connectivity index (χ4n) is 1.24. The average molecular weight is 266 g/mol. The second kappa shape index (κ2) is 5.40. The highest BCUT2D eigenvalue weighted by atomic mass is 35.5. The number of rotatable bonds is 3. The van der Waals surface area contributed by atoms with Crippen molar-refractivity contribution in [3.63, 3.8) is 0 Å². The molecule has 1 unspecified atom stereocenters. The summed E-state index contributed by atoms with van der Waals surface area (Å²) in [7, 11) is 0. The quantitative estimate of drug-likeness (QED) is 0.830. The smallest absolute Gasteiger partial charge is 0.324 e. The minimum atomic E-state index is -4.50. The second-order valence-corrected chi connectivity index (χ2v) is 3.94.